The molecule has 1 aromatic rings. The molecule has 0 aliphatic carbocycles. The third-order valence-electron chi connectivity index (χ3n) is 3.35. The van der Waals surface area contributed by atoms with Crippen LogP contribution in [0.25, 0.3) is 0 Å². The zero-order chi connectivity index (χ0) is 12.3. The van der Waals surface area contributed by atoms with Gasteiger partial charge in [0, 0.05) is 12.7 Å². The molecule has 1 aliphatic rings. The zero-order valence-electron chi connectivity index (χ0n) is 10.6. The molecule has 0 bridgehead atoms. The summed E-state index contributed by atoms with van der Waals surface area (Å²) < 4.78 is 0. The Hall–Kier alpha value is -1.35. The van der Waals surface area contributed by atoms with Crippen LogP contribution in [0, 0.1) is 6.92 Å². The van der Waals surface area contributed by atoms with E-state index in [2.05, 4.69) is 11.8 Å². The summed E-state index contributed by atoms with van der Waals surface area (Å²) in [5.74, 6) is 0.177. The van der Waals surface area contributed by atoms with E-state index in [1.54, 1.807) is 4.90 Å². The molecule has 1 fully saturated rings. The molecule has 0 spiro atoms. The molecule has 0 aromatic heterocycles. The maximum Gasteiger partial charge on any atom is 0.240 e. The van der Waals surface area contributed by atoms with Crippen LogP contribution in [-0.2, 0) is 4.79 Å². The molecule has 1 heterocycles. The van der Waals surface area contributed by atoms with Crippen LogP contribution >= 0.6 is 0 Å². The Kier molecular flexibility index (Phi) is 3.79. The number of aryl methyl sites for hydroxylation is 1. The van der Waals surface area contributed by atoms with E-state index in [1.807, 2.05) is 31.3 Å². The molecular weight excluding hydrogens is 212 g/mol. The lowest BCUT2D eigenvalue weighted by molar-refractivity contribution is -0.119. The van der Waals surface area contributed by atoms with Crippen molar-refractivity contribution in [3.05, 3.63) is 29.8 Å². The van der Waals surface area contributed by atoms with Crippen LogP contribution in [0.1, 0.15) is 18.4 Å². The number of likely N-dealkylation sites (tertiary alicyclic amines) is 1. The lowest BCUT2D eigenvalue weighted by Crippen LogP contribution is -2.37. The van der Waals surface area contributed by atoms with E-state index in [0.29, 0.717) is 6.54 Å². The summed E-state index contributed by atoms with van der Waals surface area (Å²) in [6.45, 7) is 4.72. The van der Waals surface area contributed by atoms with Gasteiger partial charge in [0.05, 0.1) is 6.54 Å². The van der Waals surface area contributed by atoms with Crippen LogP contribution in [0.3, 0.4) is 0 Å². The first-order valence-electron chi connectivity index (χ1n) is 6.22. The third-order valence-corrected chi connectivity index (χ3v) is 3.35. The van der Waals surface area contributed by atoms with Gasteiger partial charge in [-0.25, -0.2) is 0 Å². The standard InChI is InChI=1S/C14H20N2O/c1-12-5-7-13(8-6-12)15(2)14(17)11-16-9-3-4-10-16/h5-8H,3-4,9-11H2,1-2H3. The first-order valence-corrected chi connectivity index (χ1v) is 6.22. The van der Waals surface area contributed by atoms with E-state index in [1.165, 1.54) is 18.4 Å². The molecule has 0 saturated carbocycles. The van der Waals surface area contributed by atoms with Gasteiger partial charge < -0.3 is 4.90 Å². The summed E-state index contributed by atoms with van der Waals surface area (Å²) in [4.78, 5) is 16.0. The SMILES string of the molecule is Cc1ccc(N(C)C(=O)CN2CCCC2)cc1. The lowest BCUT2D eigenvalue weighted by atomic mass is 10.2. The first-order chi connectivity index (χ1) is 8.16. The summed E-state index contributed by atoms with van der Waals surface area (Å²) in [6, 6.07) is 8.07. The van der Waals surface area contributed by atoms with E-state index in [4.69, 9.17) is 0 Å². The molecule has 1 aromatic carbocycles. The van der Waals surface area contributed by atoms with Crippen molar-refractivity contribution in [1.82, 2.24) is 4.90 Å². The average Bonchev–Trinajstić information content (AvgIpc) is 2.82. The van der Waals surface area contributed by atoms with Gasteiger partial charge in [-0.15, -0.1) is 0 Å². The lowest BCUT2D eigenvalue weighted by Gasteiger charge is -2.21. The van der Waals surface area contributed by atoms with Crippen molar-refractivity contribution in [2.24, 2.45) is 0 Å². The molecule has 1 amide bonds. The molecule has 2 rings (SSSR count). The van der Waals surface area contributed by atoms with Crippen LogP contribution in [0.5, 0.6) is 0 Å². The Bertz CT molecular complexity index is 380. The zero-order valence-corrected chi connectivity index (χ0v) is 10.6. The third kappa shape index (κ3) is 3.07. The summed E-state index contributed by atoms with van der Waals surface area (Å²) in [6.07, 6.45) is 2.45. The fraction of sp³-hybridized carbons (Fsp3) is 0.500. The molecule has 3 heteroatoms. The van der Waals surface area contributed by atoms with Crippen LogP contribution in [0.4, 0.5) is 5.69 Å². The summed E-state index contributed by atoms with van der Waals surface area (Å²) >= 11 is 0. The number of amides is 1. The number of hydrogen-bond donors (Lipinski definition) is 0. The highest BCUT2D eigenvalue weighted by Gasteiger charge is 2.18. The maximum atomic E-state index is 12.1. The molecule has 0 radical (unpaired) electrons. The highest BCUT2D eigenvalue weighted by atomic mass is 16.2. The van der Waals surface area contributed by atoms with E-state index in [-0.39, 0.29) is 5.91 Å². The second-order valence-corrected chi connectivity index (χ2v) is 4.77. The number of hydrogen-bond acceptors (Lipinski definition) is 2. The molecule has 0 N–H and O–H groups in total. The van der Waals surface area contributed by atoms with E-state index in [0.717, 1.165) is 18.8 Å². The monoisotopic (exact) mass is 232 g/mol. The van der Waals surface area contributed by atoms with Gasteiger partial charge in [-0.1, -0.05) is 17.7 Å². The molecule has 17 heavy (non-hydrogen) atoms. The summed E-state index contributed by atoms with van der Waals surface area (Å²) in [7, 11) is 1.85. The van der Waals surface area contributed by atoms with Crippen LogP contribution in [-0.4, -0.2) is 37.5 Å². The van der Waals surface area contributed by atoms with Crippen LogP contribution in [0.15, 0.2) is 24.3 Å². The number of carbonyl (C=O) groups is 1. The van der Waals surface area contributed by atoms with Gasteiger partial charge in [-0.3, -0.25) is 9.69 Å². The fourth-order valence-electron chi connectivity index (χ4n) is 2.15. The minimum Gasteiger partial charge on any atom is -0.314 e. The number of carbonyl (C=O) groups excluding carboxylic acids is 1. The predicted molar refractivity (Wildman–Crippen MR) is 70.3 cm³/mol. The van der Waals surface area contributed by atoms with E-state index in [9.17, 15) is 4.79 Å². The van der Waals surface area contributed by atoms with Gasteiger partial charge in [0.15, 0.2) is 0 Å². The Morgan fingerprint density at radius 3 is 2.41 bits per heavy atom. The number of rotatable bonds is 3. The molecule has 0 atom stereocenters. The quantitative estimate of drug-likeness (QED) is 0.796. The van der Waals surface area contributed by atoms with Crippen molar-refractivity contribution in [1.29, 1.82) is 0 Å². The number of benzene rings is 1. The molecule has 0 unspecified atom stereocenters. The fourth-order valence-corrected chi connectivity index (χ4v) is 2.15. The van der Waals surface area contributed by atoms with Crippen LogP contribution < -0.4 is 4.90 Å². The number of anilines is 1. The van der Waals surface area contributed by atoms with Crippen LogP contribution in [0.2, 0.25) is 0 Å². The predicted octanol–water partition coefficient (Wildman–Crippen LogP) is 2.05. The van der Waals surface area contributed by atoms with Gasteiger partial charge >= 0.3 is 0 Å². The normalized spacial score (nSPS) is 16.1. The average molecular weight is 232 g/mol. The maximum absolute atomic E-state index is 12.1. The van der Waals surface area contributed by atoms with Crippen molar-refractivity contribution in [3.8, 4) is 0 Å². The molecule has 92 valence electrons. The minimum absolute atomic E-state index is 0.177. The highest BCUT2D eigenvalue weighted by Crippen LogP contribution is 2.14. The number of nitrogens with zero attached hydrogens (tertiary/aromatic N) is 2. The summed E-state index contributed by atoms with van der Waals surface area (Å²) in [5.41, 5.74) is 2.19. The van der Waals surface area contributed by atoms with Gasteiger partial charge in [0.2, 0.25) is 5.91 Å². The second kappa shape index (κ2) is 5.32. The highest BCUT2D eigenvalue weighted by molar-refractivity contribution is 5.94. The smallest absolute Gasteiger partial charge is 0.240 e. The van der Waals surface area contributed by atoms with Gasteiger partial charge in [0.1, 0.15) is 0 Å². The van der Waals surface area contributed by atoms with Crippen molar-refractivity contribution >= 4 is 11.6 Å². The second-order valence-electron chi connectivity index (χ2n) is 4.77. The molecule has 1 aliphatic heterocycles. The molecule has 3 nitrogen and oxygen atoms in total. The molecular formula is C14H20N2O. The topological polar surface area (TPSA) is 23.6 Å². The van der Waals surface area contributed by atoms with E-state index >= 15 is 0 Å². The largest absolute Gasteiger partial charge is 0.314 e. The minimum atomic E-state index is 0.177. The van der Waals surface area contributed by atoms with Gasteiger partial charge in [0.25, 0.3) is 0 Å². The summed E-state index contributed by atoms with van der Waals surface area (Å²) in [5, 5.41) is 0. The van der Waals surface area contributed by atoms with Crippen molar-refractivity contribution in [2.45, 2.75) is 19.8 Å². The first kappa shape index (κ1) is 12.1. The van der Waals surface area contributed by atoms with Crippen molar-refractivity contribution in [2.75, 3.05) is 31.6 Å². The van der Waals surface area contributed by atoms with E-state index < -0.39 is 0 Å². The molecule has 1 saturated heterocycles. The Morgan fingerprint density at radius 2 is 1.82 bits per heavy atom. The van der Waals surface area contributed by atoms with Gasteiger partial charge in [-0.05, 0) is 45.0 Å². The Morgan fingerprint density at radius 1 is 1.24 bits per heavy atom. The Balaban J connectivity index is 1.96. The Labute approximate surface area is 103 Å². The van der Waals surface area contributed by atoms with Crippen molar-refractivity contribution in [3.63, 3.8) is 0 Å². The number of likely N-dealkylation sites (N-methyl/N-ethyl adjacent to an activating group) is 1. The van der Waals surface area contributed by atoms with Crippen molar-refractivity contribution < 1.29 is 4.79 Å². The van der Waals surface area contributed by atoms with Gasteiger partial charge in [-0.2, -0.15) is 0 Å².